The van der Waals surface area contributed by atoms with Gasteiger partial charge < -0.3 is 14.2 Å². The van der Waals surface area contributed by atoms with E-state index < -0.39 is 0 Å². The lowest BCUT2D eigenvalue weighted by Crippen LogP contribution is -2.29. The van der Waals surface area contributed by atoms with Crippen LogP contribution in [0.2, 0.25) is 0 Å². The molecule has 5 heteroatoms. The van der Waals surface area contributed by atoms with Gasteiger partial charge in [-0.05, 0) is 55.8 Å². The fourth-order valence-corrected chi connectivity index (χ4v) is 3.09. The summed E-state index contributed by atoms with van der Waals surface area (Å²) in [4.78, 5) is 26.6. The van der Waals surface area contributed by atoms with E-state index in [1.165, 1.54) is 20.0 Å². The molecule has 1 aromatic heterocycles. The van der Waals surface area contributed by atoms with Crippen molar-refractivity contribution in [2.24, 2.45) is 0 Å². The SMILES string of the molecule is COC(=O)c1ccc(-c2cccn(CCN3CCCC3)c2=O)cc1. The fraction of sp³-hybridized carbons (Fsp3) is 0.368. The van der Waals surface area contributed by atoms with Crippen molar-refractivity contribution in [2.45, 2.75) is 19.4 Å². The molecule has 0 amide bonds. The van der Waals surface area contributed by atoms with Gasteiger partial charge in [0.05, 0.1) is 12.7 Å². The Morgan fingerprint density at radius 3 is 2.46 bits per heavy atom. The number of benzene rings is 1. The lowest BCUT2D eigenvalue weighted by Gasteiger charge is -2.15. The summed E-state index contributed by atoms with van der Waals surface area (Å²) in [6.07, 6.45) is 4.34. The highest BCUT2D eigenvalue weighted by Gasteiger charge is 2.12. The van der Waals surface area contributed by atoms with E-state index >= 15 is 0 Å². The Kier molecular flexibility index (Phi) is 5.11. The van der Waals surface area contributed by atoms with Gasteiger partial charge in [-0.25, -0.2) is 4.79 Å². The zero-order valence-corrected chi connectivity index (χ0v) is 13.9. The average molecular weight is 326 g/mol. The van der Waals surface area contributed by atoms with E-state index in [2.05, 4.69) is 4.90 Å². The maximum absolute atomic E-state index is 12.7. The molecule has 5 nitrogen and oxygen atoms in total. The average Bonchev–Trinajstić information content (AvgIpc) is 3.14. The Labute approximate surface area is 141 Å². The molecule has 1 aromatic carbocycles. The van der Waals surface area contributed by atoms with E-state index in [4.69, 9.17) is 4.74 Å². The minimum atomic E-state index is -0.377. The van der Waals surface area contributed by atoms with Gasteiger partial charge in [0, 0.05) is 24.8 Å². The molecule has 0 spiro atoms. The zero-order chi connectivity index (χ0) is 16.9. The molecule has 2 aromatic rings. The second kappa shape index (κ2) is 7.45. The predicted octanol–water partition coefficient (Wildman–Crippen LogP) is 2.40. The second-order valence-electron chi connectivity index (χ2n) is 6.04. The van der Waals surface area contributed by atoms with E-state index in [0.717, 1.165) is 25.2 Å². The summed E-state index contributed by atoms with van der Waals surface area (Å²) in [7, 11) is 1.35. The predicted molar refractivity (Wildman–Crippen MR) is 93.2 cm³/mol. The van der Waals surface area contributed by atoms with Gasteiger partial charge in [-0.1, -0.05) is 12.1 Å². The Bertz CT molecular complexity index is 759. The van der Waals surface area contributed by atoms with Crippen molar-refractivity contribution in [2.75, 3.05) is 26.7 Å². The Morgan fingerprint density at radius 2 is 1.79 bits per heavy atom. The number of hydrogen-bond acceptors (Lipinski definition) is 4. The third kappa shape index (κ3) is 3.57. The fourth-order valence-electron chi connectivity index (χ4n) is 3.09. The van der Waals surface area contributed by atoms with Crippen molar-refractivity contribution in [1.29, 1.82) is 0 Å². The summed E-state index contributed by atoms with van der Waals surface area (Å²) in [5.41, 5.74) is 1.94. The number of carbonyl (C=O) groups excluding carboxylic acids is 1. The van der Waals surface area contributed by atoms with Crippen LogP contribution in [0.25, 0.3) is 11.1 Å². The zero-order valence-electron chi connectivity index (χ0n) is 13.9. The highest BCUT2D eigenvalue weighted by Crippen LogP contribution is 2.16. The van der Waals surface area contributed by atoms with Gasteiger partial charge in [0.1, 0.15) is 0 Å². The molecule has 126 valence electrons. The van der Waals surface area contributed by atoms with Crippen LogP contribution in [0.5, 0.6) is 0 Å². The van der Waals surface area contributed by atoms with Crippen LogP contribution in [0.15, 0.2) is 47.4 Å². The molecule has 1 saturated heterocycles. The molecule has 0 saturated carbocycles. The van der Waals surface area contributed by atoms with E-state index in [1.54, 1.807) is 28.8 Å². The number of rotatable bonds is 5. The third-order valence-corrected chi connectivity index (χ3v) is 4.49. The molecule has 24 heavy (non-hydrogen) atoms. The molecule has 2 heterocycles. The standard InChI is InChI=1S/C19H22N2O3/c1-24-19(23)16-8-6-15(7-9-16)17-5-4-12-21(18(17)22)14-13-20-10-2-3-11-20/h4-9,12H,2-3,10-11,13-14H2,1H3. The molecular weight excluding hydrogens is 304 g/mol. The second-order valence-corrected chi connectivity index (χ2v) is 6.04. The minimum Gasteiger partial charge on any atom is -0.465 e. The number of likely N-dealkylation sites (tertiary alicyclic amines) is 1. The molecule has 3 rings (SSSR count). The van der Waals surface area contributed by atoms with Crippen molar-refractivity contribution >= 4 is 5.97 Å². The number of ether oxygens (including phenoxy) is 1. The molecule has 0 N–H and O–H groups in total. The molecule has 0 unspecified atom stereocenters. The number of carbonyl (C=O) groups is 1. The van der Waals surface area contributed by atoms with Crippen molar-refractivity contribution in [3.05, 3.63) is 58.5 Å². The van der Waals surface area contributed by atoms with Gasteiger partial charge in [-0.3, -0.25) is 4.79 Å². The monoisotopic (exact) mass is 326 g/mol. The van der Waals surface area contributed by atoms with Gasteiger partial charge >= 0.3 is 5.97 Å². The third-order valence-electron chi connectivity index (χ3n) is 4.49. The Balaban J connectivity index is 1.79. The topological polar surface area (TPSA) is 51.5 Å². The highest BCUT2D eigenvalue weighted by atomic mass is 16.5. The Hall–Kier alpha value is -2.40. The van der Waals surface area contributed by atoms with Crippen LogP contribution in [-0.4, -0.2) is 42.2 Å². The van der Waals surface area contributed by atoms with Crippen LogP contribution in [0.1, 0.15) is 23.2 Å². The van der Waals surface area contributed by atoms with Crippen LogP contribution >= 0.6 is 0 Å². The number of aromatic nitrogens is 1. The van der Waals surface area contributed by atoms with Crippen molar-refractivity contribution in [3.63, 3.8) is 0 Å². The number of pyridine rings is 1. The van der Waals surface area contributed by atoms with Crippen molar-refractivity contribution < 1.29 is 9.53 Å². The number of methoxy groups -OCH3 is 1. The van der Waals surface area contributed by atoms with Crippen LogP contribution in [0.3, 0.4) is 0 Å². The van der Waals surface area contributed by atoms with Gasteiger partial charge in [-0.2, -0.15) is 0 Å². The summed E-state index contributed by atoms with van der Waals surface area (Å²) < 4.78 is 6.46. The minimum absolute atomic E-state index is 0.00233. The summed E-state index contributed by atoms with van der Waals surface area (Å²) in [5.74, 6) is -0.377. The van der Waals surface area contributed by atoms with Crippen LogP contribution in [-0.2, 0) is 11.3 Å². The first-order chi connectivity index (χ1) is 11.7. The number of nitrogens with zero attached hydrogens (tertiary/aromatic N) is 2. The molecule has 1 aliphatic heterocycles. The van der Waals surface area contributed by atoms with Gasteiger partial charge in [0.2, 0.25) is 0 Å². The lowest BCUT2D eigenvalue weighted by molar-refractivity contribution is 0.0601. The maximum Gasteiger partial charge on any atom is 0.337 e. The van der Waals surface area contributed by atoms with Gasteiger partial charge in [-0.15, -0.1) is 0 Å². The molecule has 1 aliphatic rings. The number of esters is 1. The molecule has 1 fully saturated rings. The van der Waals surface area contributed by atoms with Gasteiger partial charge in [0.15, 0.2) is 0 Å². The van der Waals surface area contributed by atoms with Crippen LogP contribution < -0.4 is 5.56 Å². The maximum atomic E-state index is 12.7. The largest absolute Gasteiger partial charge is 0.465 e. The molecule has 0 atom stereocenters. The Morgan fingerprint density at radius 1 is 1.08 bits per heavy atom. The quantitative estimate of drug-likeness (QED) is 0.792. The summed E-state index contributed by atoms with van der Waals surface area (Å²) in [6.45, 7) is 3.87. The van der Waals surface area contributed by atoms with Crippen molar-refractivity contribution in [1.82, 2.24) is 9.47 Å². The first-order valence-electron chi connectivity index (χ1n) is 8.29. The molecule has 0 bridgehead atoms. The lowest BCUT2D eigenvalue weighted by atomic mass is 10.1. The highest BCUT2D eigenvalue weighted by molar-refractivity contribution is 5.89. The summed E-state index contributed by atoms with van der Waals surface area (Å²) in [5, 5.41) is 0. The number of hydrogen-bond donors (Lipinski definition) is 0. The summed E-state index contributed by atoms with van der Waals surface area (Å²) >= 11 is 0. The van der Waals surface area contributed by atoms with E-state index in [-0.39, 0.29) is 11.5 Å². The van der Waals surface area contributed by atoms with E-state index in [9.17, 15) is 9.59 Å². The molecule has 0 aliphatic carbocycles. The summed E-state index contributed by atoms with van der Waals surface area (Å²) in [6, 6.07) is 10.7. The van der Waals surface area contributed by atoms with E-state index in [0.29, 0.717) is 17.7 Å². The molecule has 0 radical (unpaired) electrons. The smallest absolute Gasteiger partial charge is 0.337 e. The van der Waals surface area contributed by atoms with Crippen LogP contribution in [0.4, 0.5) is 0 Å². The first-order valence-corrected chi connectivity index (χ1v) is 8.29. The normalized spacial score (nSPS) is 14.7. The first kappa shape index (κ1) is 16.5. The van der Waals surface area contributed by atoms with Crippen LogP contribution in [0, 0.1) is 0 Å². The molecular formula is C19H22N2O3. The van der Waals surface area contributed by atoms with Gasteiger partial charge in [0.25, 0.3) is 5.56 Å². The van der Waals surface area contributed by atoms with E-state index in [1.807, 2.05) is 18.3 Å². The van der Waals surface area contributed by atoms with Crippen molar-refractivity contribution in [3.8, 4) is 11.1 Å².